The molecule has 0 saturated heterocycles. The Balaban J connectivity index is 2.17. The van der Waals surface area contributed by atoms with E-state index in [2.05, 4.69) is 10.3 Å². The van der Waals surface area contributed by atoms with Crippen LogP contribution in [0.4, 0.5) is 5.69 Å². The van der Waals surface area contributed by atoms with E-state index in [-0.39, 0.29) is 0 Å². The molecule has 0 aliphatic rings. The van der Waals surface area contributed by atoms with E-state index < -0.39 is 0 Å². The number of aryl methyl sites for hydroxylation is 1. The lowest BCUT2D eigenvalue weighted by molar-refractivity contribution is 1.11. The molecule has 0 bridgehead atoms. The summed E-state index contributed by atoms with van der Waals surface area (Å²) in [6.45, 7) is 2.72. The SMILES string of the molecule is Cc1ccc(NCc2cccnc2)c(C(N)=S)c1. The summed E-state index contributed by atoms with van der Waals surface area (Å²) in [5, 5.41) is 3.33. The second-order valence-electron chi connectivity index (χ2n) is 4.13. The van der Waals surface area contributed by atoms with Crippen LogP contribution >= 0.6 is 12.2 Å². The quantitative estimate of drug-likeness (QED) is 0.827. The van der Waals surface area contributed by atoms with Gasteiger partial charge >= 0.3 is 0 Å². The van der Waals surface area contributed by atoms with Gasteiger partial charge in [0, 0.05) is 30.2 Å². The van der Waals surface area contributed by atoms with Gasteiger partial charge in [-0.3, -0.25) is 4.98 Å². The first-order valence-electron chi connectivity index (χ1n) is 5.70. The largest absolute Gasteiger partial charge is 0.389 e. The molecule has 3 nitrogen and oxygen atoms in total. The van der Waals surface area contributed by atoms with E-state index in [1.54, 1.807) is 6.20 Å². The predicted molar refractivity (Wildman–Crippen MR) is 78.6 cm³/mol. The Morgan fingerprint density at radius 1 is 1.39 bits per heavy atom. The fourth-order valence-electron chi connectivity index (χ4n) is 1.72. The molecule has 0 atom stereocenters. The first-order valence-corrected chi connectivity index (χ1v) is 6.11. The third kappa shape index (κ3) is 3.05. The average Bonchev–Trinajstić information content (AvgIpc) is 2.38. The number of nitrogens with two attached hydrogens (primary N) is 1. The minimum absolute atomic E-state index is 0.410. The van der Waals surface area contributed by atoms with Gasteiger partial charge in [0.2, 0.25) is 0 Å². The van der Waals surface area contributed by atoms with Gasteiger partial charge in [0.15, 0.2) is 0 Å². The zero-order valence-corrected chi connectivity index (χ0v) is 11.0. The lowest BCUT2D eigenvalue weighted by Gasteiger charge is -2.12. The van der Waals surface area contributed by atoms with Crippen molar-refractivity contribution >= 4 is 22.9 Å². The summed E-state index contributed by atoms with van der Waals surface area (Å²) in [5.41, 5.74) is 9.83. The Morgan fingerprint density at radius 2 is 2.22 bits per heavy atom. The maximum Gasteiger partial charge on any atom is 0.106 e. The molecule has 2 rings (SSSR count). The van der Waals surface area contributed by atoms with Crippen LogP contribution in [0.25, 0.3) is 0 Å². The smallest absolute Gasteiger partial charge is 0.106 e. The van der Waals surface area contributed by atoms with Gasteiger partial charge in [0.25, 0.3) is 0 Å². The fourth-order valence-corrected chi connectivity index (χ4v) is 1.88. The second kappa shape index (κ2) is 5.60. The van der Waals surface area contributed by atoms with Crippen LogP contribution in [0.5, 0.6) is 0 Å². The summed E-state index contributed by atoms with van der Waals surface area (Å²) in [5.74, 6) is 0. The van der Waals surface area contributed by atoms with Crippen LogP contribution in [-0.4, -0.2) is 9.97 Å². The van der Waals surface area contributed by atoms with Crippen molar-refractivity contribution in [3.63, 3.8) is 0 Å². The van der Waals surface area contributed by atoms with Crippen LogP contribution in [0.1, 0.15) is 16.7 Å². The van der Waals surface area contributed by atoms with Crippen molar-refractivity contribution in [2.45, 2.75) is 13.5 Å². The zero-order valence-electron chi connectivity index (χ0n) is 10.2. The number of thiocarbonyl (C=S) groups is 1. The second-order valence-corrected chi connectivity index (χ2v) is 4.57. The summed E-state index contributed by atoms with van der Waals surface area (Å²) >= 11 is 5.07. The number of pyridine rings is 1. The third-order valence-corrected chi connectivity index (χ3v) is 2.87. The van der Waals surface area contributed by atoms with Crippen LogP contribution in [0, 0.1) is 6.92 Å². The van der Waals surface area contributed by atoms with Gasteiger partial charge in [-0.25, -0.2) is 0 Å². The van der Waals surface area contributed by atoms with E-state index in [0.29, 0.717) is 11.5 Å². The normalized spacial score (nSPS) is 10.1. The van der Waals surface area contributed by atoms with E-state index in [1.807, 2.05) is 43.5 Å². The highest BCUT2D eigenvalue weighted by Gasteiger charge is 2.05. The van der Waals surface area contributed by atoms with Crippen molar-refractivity contribution in [2.75, 3.05) is 5.32 Å². The molecular weight excluding hydrogens is 242 g/mol. The van der Waals surface area contributed by atoms with E-state index in [9.17, 15) is 0 Å². The Hall–Kier alpha value is -1.94. The maximum absolute atomic E-state index is 5.73. The molecule has 0 aliphatic carbocycles. The number of anilines is 1. The van der Waals surface area contributed by atoms with Gasteiger partial charge in [-0.05, 0) is 30.7 Å². The standard InChI is InChI=1S/C14H15N3S/c1-10-4-5-13(12(7-10)14(15)18)17-9-11-3-2-6-16-8-11/h2-8,17H,9H2,1H3,(H2,15,18). The zero-order chi connectivity index (χ0) is 13.0. The van der Waals surface area contributed by atoms with Gasteiger partial charge in [-0.2, -0.15) is 0 Å². The van der Waals surface area contributed by atoms with Crippen molar-refractivity contribution in [3.05, 3.63) is 59.4 Å². The monoisotopic (exact) mass is 257 g/mol. The van der Waals surface area contributed by atoms with Crippen molar-refractivity contribution in [3.8, 4) is 0 Å². The minimum atomic E-state index is 0.410. The van der Waals surface area contributed by atoms with E-state index >= 15 is 0 Å². The number of benzene rings is 1. The van der Waals surface area contributed by atoms with Crippen molar-refractivity contribution in [2.24, 2.45) is 5.73 Å². The number of nitrogens with one attached hydrogen (secondary N) is 1. The lowest BCUT2D eigenvalue weighted by Crippen LogP contribution is -2.13. The highest BCUT2D eigenvalue weighted by Crippen LogP contribution is 2.18. The topological polar surface area (TPSA) is 50.9 Å². The average molecular weight is 257 g/mol. The van der Waals surface area contributed by atoms with E-state index in [0.717, 1.165) is 22.4 Å². The van der Waals surface area contributed by atoms with Crippen molar-refractivity contribution < 1.29 is 0 Å². The van der Waals surface area contributed by atoms with Crippen LogP contribution in [0.3, 0.4) is 0 Å². The van der Waals surface area contributed by atoms with Crippen molar-refractivity contribution in [1.29, 1.82) is 0 Å². The summed E-state index contributed by atoms with van der Waals surface area (Å²) in [6.07, 6.45) is 3.59. The molecule has 0 saturated carbocycles. The lowest BCUT2D eigenvalue weighted by atomic mass is 10.1. The Labute approximate surface area is 112 Å². The van der Waals surface area contributed by atoms with Crippen LogP contribution < -0.4 is 11.1 Å². The molecule has 1 aromatic carbocycles. The first-order chi connectivity index (χ1) is 8.66. The third-order valence-electron chi connectivity index (χ3n) is 2.65. The molecular formula is C14H15N3S. The molecule has 92 valence electrons. The Bertz CT molecular complexity index is 552. The fraction of sp³-hybridized carbons (Fsp3) is 0.143. The Morgan fingerprint density at radius 3 is 2.89 bits per heavy atom. The predicted octanol–water partition coefficient (Wildman–Crippen LogP) is 2.64. The summed E-state index contributed by atoms with van der Waals surface area (Å²) < 4.78 is 0. The molecule has 1 aromatic heterocycles. The van der Waals surface area contributed by atoms with Crippen LogP contribution in [0.15, 0.2) is 42.7 Å². The number of hydrogen-bond acceptors (Lipinski definition) is 3. The van der Waals surface area contributed by atoms with E-state index in [1.165, 1.54) is 0 Å². The summed E-state index contributed by atoms with van der Waals surface area (Å²) in [4.78, 5) is 4.49. The Kier molecular flexibility index (Phi) is 3.89. The molecule has 3 N–H and O–H groups in total. The van der Waals surface area contributed by atoms with Gasteiger partial charge in [0.1, 0.15) is 4.99 Å². The number of nitrogens with zero attached hydrogens (tertiary/aromatic N) is 1. The molecule has 2 aromatic rings. The molecule has 0 amide bonds. The molecule has 0 aliphatic heterocycles. The minimum Gasteiger partial charge on any atom is -0.389 e. The maximum atomic E-state index is 5.73. The first kappa shape index (κ1) is 12.5. The van der Waals surface area contributed by atoms with Gasteiger partial charge in [0.05, 0.1) is 0 Å². The van der Waals surface area contributed by atoms with E-state index in [4.69, 9.17) is 18.0 Å². The van der Waals surface area contributed by atoms with Crippen molar-refractivity contribution in [1.82, 2.24) is 4.98 Å². The van der Waals surface area contributed by atoms with Crippen LogP contribution in [-0.2, 0) is 6.54 Å². The molecule has 0 spiro atoms. The molecule has 0 radical (unpaired) electrons. The van der Waals surface area contributed by atoms with Crippen LogP contribution in [0.2, 0.25) is 0 Å². The molecule has 1 heterocycles. The summed E-state index contributed by atoms with van der Waals surface area (Å²) in [6, 6.07) is 9.97. The number of rotatable bonds is 4. The molecule has 0 fully saturated rings. The highest BCUT2D eigenvalue weighted by atomic mass is 32.1. The number of hydrogen-bond donors (Lipinski definition) is 2. The molecule has 4 heteroatoms. The summed E-state index contributed by atoms with van der Waals surface area (Å²) in [7, 11) is 0. The highest BCUT2D eigenvalue weighted by molar-refractivity contribution is 7.80. The van der Waals surface area contributed by atoms with Gasteiger partial charge < -0.3 is 11.1 Å². The molecule has 0 unspecified atom stereocenters. The van der Waals surface area contributed by atoms with Gasteiger partial charge in [-0.1, -0.05) is 29.9 Å². The van der Waals surface area contributed by atoms with Gasteiger partial charge in [-0.15, -0.1) is 0 Å². The molecule has 18 heavy (non-hydrogen) atoms. The number of aromatic nitrogens is 1.